The van der Waals surface area contributed by atoms with Crippen molar-refractivity contribution in [3.8, 4) is 0 Å². The molecule has 2 fully saturated rings. The molecule has 2 atom stereocenters. The molecule has 2 amide bonds. The molecule has 0 aliphatic carbocycles. The summed E-state index contributed by atoms with van der Waals surface area (Å²) in [5.74, 6) is -0.460. The number of carbonyl (C=O) groups is 3. The van der Waals surface area contributed by atoms with Gasteiger partial charge in [-0.15, -0.1) is 11.8 Å². The van der Waals surface area contributed by atoms with Gasteiger partial charge in [-0.3, -0.25) is 9.59 Å². The number of hydrogen-bond acceptors (Lipinski definition) is 5. The zero-order chi connectivity index (χ0) is 19.6. The summed E-state index contributed by atoms with van der Waals surface area (Å²) in [4.78, 5) is 37.6. The van der Waals surface area contributed by atoms with Gasteiger partial charge in [-0.2, -0.15) is 0 Å². The van der Waals surface area contributed by atoms with Crippen molar-refractivity contribution >= 4 is 52.7 Å². The number of hydrogen-bond donors (Lipinski definition) is 1. The van der Waals surface area contributed by atoms with Gasteiger partial charge in [0.05, 0.1) is 4.87 Å². The van der Waals surface area contributed by atoms with Crippen molar-refractivity contribution in [1.29, 1.82) is 0 Å². The predicted molar refractivity (Wildman–Crippen MR) is 105 cm³/mol. The second-order valence-electron chi connectivity index (χ2n) is 6.71. The van der Waals surface area contributed by atoms with E-state index in [4.69, 9.17) is 27.9 Å². The number of halogens is 2. The first-order valence-electron chi connectivity index (χ1n) is 8.63. The summed E-state index contributed by atoms with van der Waals surface area (Å²) in [5, 5.41) is 3.78. The topological polar surface area (TPSA) is 75.7 Å². The minimum atomic E-state index is -0.615. The molecular formula is C18H20Cl2N2O4S. The third-order valence-corrected chi connectivity index (χ3v) is 6.89. The van der Waals surface area contributed by atoms with Gasteiger partial charge in [0, 0.05) is 28.8 Å². The van der Waals surface area contributed by atoms with E-state index in [1.807, 2.05) is 6.92 Å². The number of rotatable bonds is 6. The van der Waals surface area contributed by atoms with E-state index in [1.165, 1.54) is 0 Å². The average Bonchev–Trinajstić information content (AvgIpc) is 3.11. The van der Waals surface area contributed by atoms with Crippen LogP contribution < -0.4 is 5.32 Å². The Morgan fingerprint density at radius 2 is 2.19 bits per heavy atom. The van der Waals surface area contributed by atoms with Crippen LogP contribution in [0.15, 0.2) is 18.2 Å². The van der Waals surface area contributed by atoms with Gasteiger partial charge in [0.2, 0.25) is 5.91 Å². The maximum atomic E-state index is 12.3. The van der Waals surface area contributed by atoms with Gasteiger partial charge >= 0.3 is 5.97 Å². The molecule has 146 valence electrons. The lowest BCUT2D eigenvalue weighted by Crippen LogP contribution is -2.47. The quantitative estimate of drug-likeness (QED) is 0.701. The van der Waals surface area contributed by atoms with Crippen molar-refractivity contribution in [1.82, 2.24) is 10.2 Å². The highest BCUT2D eigenvalue weighted by atomic mass is 35.5. The van der Waals surface area contributed by atoms with Crippen molar-refractivity contribution in [2.75, 3.05) is 18.9 Å². The van der Waals surface area contributed by atoms with Crippen LogP contribution in [0, 0.1) is 0 Å². The molecule has 2 saturated heterocycles. The molecule has 1 N–H and O–H groups in total. The first kappa shape index (κ1) is 20.3. The average molecular weight is 431 g/mol. The van der Waals surface area contributed by atoms with E-state index in [-0.39, 0.29) is 17.4 Å². The Bertz CT molecular complexity index is 776. The highest BCUT2D eigenvalue weighted by molar-refractivity contribution is 8.01. The molecule has 0 spiro atoms. The van der Waals surface area contributed by atoms with Crippen molar-refractivity contribution in [3.63, 3.8) is 0 Å². The lowest BCUT2D eigenvalue weighted by Gasteiger charge is -2.29. The van der Waals surface area contributed by atoms with Gasteiger partial charge in [-0.25, -0.2) is 4.79 Å². The number of esters is 1. The zero-order valence-electron chi connectivity index (χ0n) is 14.8. The predicted octanol–water partition coefficient (Wildman–Crippen LogP) is 2.65. The number of amides is 2. The summed E-state index contributed by atoms with van der Waals surface area (Å²) in [6.45, 7) is 1.96. The summed E-state index contributed by atoms with van der Waals surface area (Å²) in [6, 6.07) is 4.57. The van der Waals surface area contributed by atoms with Crippen LogP contribution >= 0.6 is 35.0 Å². The molecule has 0 radical (unpaired) electrons. The Hall–Kier alpha value is -1.44. The van der Waals surface area contributed by atoms with Crippen LogP contribution in [0.2, 0.25) is 10.0 Å². The number of fused-ring (bicyclic) bond motifs is 1. The number of benzene rings is 1. The van der Waals surface area contributed by atoms with Crippen LogP contribution in [0.3, 0.4) is 0 Å². The number of nitrogens with zero attached hydrogens (tertiary/aromatic N) is 1. The highest BCUT2D eigenvalue weighted by Gasteiger charge is 2.53. The Kier molecular flexibility index (Phi) is 6.23. The molecule has 0 aromatic heterocycles. The van der Waals surface area contributed by atoms with Crippen LogP contribution in [0.4, 0.5) is 0 Å². The molecule has 1 aromatic carbocycles. The minimum absolute atomic E-state index is 0.0336. The number of nitrogens with one attached hydrogen (secondary N) is 1. The normalized spacial score (nSPS) is 24.0. The SMILES string of the molecule is C[C@]12CCC(=O)N1[C@H](C(=O)OCC(=O)NCCc1ccc(Cl)cc1Cl)CS2. The second-order valence-corrected chi connectivity index (χ2v) is 9.05. The maximum Gasteiger partial charge on any atom is 0.330 e. The van der Waals surface area contributed by atoms with Gasteiger partial charge in [0.15, 0.2) is 6.61 Å². The molecule has 2 heterocycles. The van der Waals surface area contributed by atoms with Crippen molar-refractivity contribution in [2.45, 2.75) is 37.1 Å². The maximum absolute atomic E-state index is 12.3. The van der Waals surface area contributed by atoms with Gasteiger partial charge in [-0.1, -0.05) is 29.3 Å². The zero-order valence-corrected chi connectivity index (χ0v) is 17.1. The Morgan fingerprint density at radius 3 is 2.93 bits per heavy atom. The molecule has 0 saturated carbocycles. The Morgan fingerprint density at radius 1 is 1.41 bits per heavy atom. The van der Waals surface area contributed by atoms with Gasteiger partial charge in [-0.05, 0) is 37.5 Å². The van der Waals surface area contributed by atoms with Crippen LogP contribution in [-0.2, 0) is 25.5 Å². The third-order valence-electron chi connectivity index (χ3n) is 4.79. The lowest BCUT2D eigenvalue weighted by atomic mass is 10.1. The molecule has 27 heavy (non-hydrogen) atoms. The number of ether oxygens (including phenoxy) is 1. The Balaban J connectivity index is 1.43. The van der Waals surface area contributed by atoms with Crippen LogP contribution in [-0.4, -0.2) is 52.5 Å². The summed E-state index contributed by atoms with van der Waals surface area (Å²) in [5.41, 5.74) is 0.869. The van der Waals surface area contributed by atoms with Gasteiger partial charge in [0.1, 0.15) is 6.04 Å². The fourth-order valence-corrected chi connectivity index (χ4v) is 5.26. The van der Waals surface area contributed by atoms with E-state index >= 15 is 0 Å². The lowest BCUT2D eigenvalue weighted by molar-refractivity contribution is -0.156. The van der Waals surface area contributed by atoms with E-state index < -0.39 is 17.9 Å². The van der Waals surface area contributed by atoms with Crippen molar-refractivity contribution < 1.29 is 19.1 Å². The molecule has 6 nitrogen and oxygen atoms in total. The number of thioether (sulfide) groups is 1. The molecule has 9 heteroatoms. The molecule has 3 rings (SSSR count). The van der Waals surface area contributed by atoms with Crippen molar-refractivity contribution in [2.24, 2.45) is 0 Å². The fraction of sp³-hybridized carbons (Fsp3) is 0.500. The monoisotopic (exact) mass is 430 g/mol. The molecule has 2 aliphatic rings. The summed E-state index contributed by atoms with van der Waals surface area (Å²) >= 11 is 13.5. The highest BCUT2D eigenvalue weighted by Crippen LogP contribution is 2.47. The molecule has 2 aliphatic heterocycles. The summed E-state index contributed by atoms with van der Waals surface area (Å²) in [7, 11) is 0. The number of carbonyl (C=O) groups excluding carboxylic acids is 3. The van der Waals surface area contributed by atoms with E-state index in [9.17, 15) is 14.4 Å². The van der Waals surface area contributed by atoms with Crippen LogP contribution in [0.25, 0.3) is 0 Å². The van der Waals surface area contributed by atoms with Gasteiger partial charge in [0.25, 0.3) is 5.91 Å². The first-order valence-corrected chi connectivity index (χ1v) is 10.4. The third kappa shape index (κ3) is 4.52. The summed E-state index contributed by atoms with van der Waals surface area (Å²) < 4.78 is 5.13. The van der Waals surface area contributed by atoms with Crippen LogP contribution in [0.1, 0.15) is 25.3 Å². The second kappa shape index (κ2) is 8.29. The molecule has 1 aromatic rings. The van der Waals surface area contributed by atoms with Crippen molar-refractivity contribution in [3.05, 3.63) is 33.8 Å². The van der Waals surface area contributed by atoms with Crippen LogP contribution in [0.5, 0.6) is 0 Å². The van der Waals surface area contributed by atoms with Gasteiger partial charge < -0.3 is 15.0 Å². The van der Waals surface area contributed by atoms with E-state index in [1.54, 1.807) is 34.9 Å². The minimum Gasteiger partial charge on any atom is -0.454 e. The van der Waals surface area contributed by atoms with E-state index in [2.05, 4.69) is 5.32 Å². The Labute approximate surface area is 171 Å². The molecule has 0 bridgehead atoms. The van der Waals surface area contributed by atoms with E-state index in [0.717, 1.165) is 12.0 Å². The largest absolute Gasteiger partial charge is 0.454 e. The fourth-order valence-electron chi connectivity index (χ4n) is 3.34. The summed E-state index contributed by atoms with van der Waals surface area (Å²) in [6.07, 6.45) is 1.71. The standard InChI is InChI=1S/C18H20Cl2N2O4S/c1-18-6-4-16(24)22(18)14(10-27-18)17(25)26-9-15(23)21-7-5-11-2-3-12(19)8-13(11)20/h2-3,8,14H,4-7,9-10H2,1H3,(H,21,23)/t14-,18-/m0/s1. The molecular weight excluding hydrogens is 411 g/mol. The first-order chi connectivity index (χ1) is 12.8. The van der Waals surface area contributed by atoms with E-state index in [0.29, 0.717) is 35.2 Å². The molecule has 0 unspecified atom stereocenters. The smallest absolute Gasteiger partial charge is 0.330 e.